The van der Waals surface area contributed by atoms with E-state index in [0.717, 1.165) is 0 Å². The molecule has 84 valence electrons. The van der Waals surface area contributed by atoms with Crippen LogP contribution in [0.1, 0.15) is 40.5 Å². The predicted octanol–water partition coefficient (Wildman–Crippen LogP) is 3.82. The Hall–Kier alpha value is -0.0831. The summed E-state index contributed by atoms with van der Waals surface area (Å²) < 4.78 is 2.51. The van der Waals surface area contributed by atoms with E-state index in [9.17, 15) is 0 Å². The van der Waals surface area contributed by atoms with Gasteiger partial charge in [0.1, 0.15) is 0 Å². The lowest BCUT2D eigenvalue weighted by atomic mass is 10.3. The van der Waals surface area contributed by atoms with E-state index in [2.05, 4.69) is 52.4 Å². The molecule has 0 spiro atoms. The first kappa shape index (κ1) is 13.9. The van der Waals surface area contributed by atoms with Gasteiger partial charge < -0.3 is 4.57 Å². The molecule has 2 heteroatoms. The van der Waals surface area contributed by atoms with Crippen molar-refractivity contribution in [2.24, 2.45) is 0 Å². The predicted molar refractivity (Wildman–Crippen MR) is 69.1 cm³/mol. The topological polar surface area (TPSA) is 3.24 Å². The molecule has 0 aliphatic heterocycles. The van der Waals surface area contributed by atoms with Gasteiger partial charge in [0.15, 0.2) is 8.24 Å². The fourth-order valence-electron chi connectivity index (χ4n) is 2.34. The van der Waals surface area contributed by atoms with Gasteiger partial charge in [0.05, 0.1) is 0 Å². The molecule has 0 atom stereocenters. The minimum absolute atomic E-state index is 1.24. The van der Waals surface area contributed by atoms with Crippen molar-refractivity contribution in [2.75, 3.05) is 14.1 Å². The van der Waals surface area contributed by atoms with Gasteiger partial charge in [0.2, 0.25) is 0 Å². The van der Waals surface area contributed by atoms with Crippen molar-refractivity contribution in [1.82, 2.24) is 4.57 Å². The highest BCUT2D eigenvalue weighted by Gasteiger charge is 2.33. The van der Waals surface area contributed by atoms with Crippen LogP contribution in [0.25, 0.3) is 0 Å². The summed E-state index contributed by atoms with van der Waals surface area (Å²) in [4.78, 5) is 0. The first-order chi connectivity index (χ1) is 6.55. The molecule has 0 fully saturated rings. The molecule has 0 saturated heterocycles. The number of hydrogen-bond donors (Lipinski definition) is 0. The monoisotopic (exact) mass is 213 g/mol. The molecular weight excluding hydrogens is 186 g/mol. The third-order valence-electron chi connectivity index (χ3n) is 3.50. The van der Waals surface area contributed by atoms with Crippen LogP contribution in [0.2, 0.25) is 12.1 Å². The second-order valence-corrected chi connectivity index (χ2v) is 9.47. The molecule has 0 aromatic rings. The minimum atomic E-state index is -1.27. The summed E-state index contributed by atoms with van der Waals surface area (Å²) in [5.41, 5.74) is 0. The Morgan fingerprint density at radius 3 is 1.93 bits per heavy atom. The molecule has 0 heterocycles. The summed E-state index contributed by atoms with van der Waals surface area (Å²) in [6, 6.07) is 2.67. The highest BCUT2D eigenvalue weighted by molar-refractivity contribution is 6.83. The number of nitrogens with zero attached hydrogens (tertiary/aromatic N) is 1. The van der Waals surface area contributed by atoms with Gasteiger partial charge in [-0.05, 0) is 39.5 Å². The molecule has 0 radical (unpaired) electrons. The largest absolute Gasteiger partial charge is 0.326 e. The smallest absolute Gasteiger partial charge is 0.154 e. The van der Waals surface area contributed by atoms with Gasteiger partial charge in [-0.2, -0.15) is 0 Å². The molecular formula is C12H27NSi. The molecule has 0 amide bonds. The minimum Gasteiger partial charge on any atom is -0.326 e. The van der Waals surface area contributed by atoms with Crippen LogP contribution in [0.3, 0.4) is 0 Å². The zero-order chi connectivity index (χ0) is 11.2. The molecule has 0 rings (SSSR count). The molecule has 0 aromatic carbocycles. The summed E-state index contributed by atoms with van der Waals surface area (Å²) >= 11 is 0. The molecule has 0 unspecified atom stereocenters. The van der Waals surface area contributed by atoms with Crippen molar-refractivity contribution in [3.05, 3.63) is 11.3 Å². The average Bonchev–Trinajstić information content (AvgIpc) is 2.17. The fourth-order valence-corrected chi connectivity index (χ4v) is 6.45. The number of unbranched alkanes of at least 4 members (excludes halogenated alkanes) is 1. The lowest BCUT2D eigenvalue weighted by Crippen LogP contribution is -2.49. The van der Waals surface area contributed by atoms with Crippen LogP contribution >= 0.6 is 0 Å². The zero-order valence-electron chi connectivity index (χ0n) is 10.9. The second kappa shape index (κ2) is 6.41. The average molecular weight is 213 g/mol. The zero-order valence-corrected chi connectivity index (χ0v) is 11.9. The SMILES string of the molecule is CCC/C=C(/C)[Si](CC)(CC)N(C)C. The quantitative estimate of drug-likeness (QED) is 0.606. The van der Waals surface area contributed by atoms with E-state index in [-0.39, 0.29) is 0 Å². The van der Waals surface area contributed by atoms with Crippen LogP contribution in [0.5, 0.6) is 0 Å². The first-order valence-electron chi connectivity index (χ1n) is 5.89. The highest BCUT2D eigenvalue weighted by Crippen LogP contribution is 2.26. The highest BCUT2D eigenvalue weighted by atomic mass is 28.3. The van der Waals surface area contributed by atoms with E-state index in [1.54, 1.807) is 5.20 Å². The van der Waals surface area contributed by atoms with Crippen molar-refractivity contribution >= 4 is 8.24 Å². The molecule has 0 aliphatic rings. The van der Waals surface area contributed by atoms with Crippen LogP contribution in [0.4, 0.5) is 0 Å². The Balaban J connectivity index is 4.79. The number of allylic oxidation sites excluding steroid dienone is 2. The van der Waals surface area contributed by atoms with Gasteiger partial charge in [0, 0.05) is 0 Å². The molecule has 0 saturated carbocycles. The third-order valence-corrected chi connectivity index (χ3v) is 9.22. The fraction of sp³-hybridized carbons (Fsp3) is 0.833. The van der Waals surface area contributed by atoms with Crippen molar-refractivity contribution in [1.29, 1.82) is 0 Å². The maximum absolute atomic E-state index is 2.51. The number of rotatable bonds is 6. The summed E-state index contributed by atoms with van der Waals surface area (Å²) in [5, 5.41) is 1.68. The van der Waals surface area contributed by atoms with E-state index in [4.69, 9.17) is 0 Å². The molecule has 0 bridgehead atoms. The van der Waals surface area contributed by atoms with Crippen molar-refractivity contribution in [3.8, 4) is 0 Å². The summed E-state index contributed by atoms with van der Waals surface area (Å²) in [6.45, 7) is 9.29. The van der Waals surface area contributed by atoms with Crippen LogP contribution in [-0.2, 0) is 0 Å². The van der Waals surface area contributed by atoms with E-state index in [0.29, 0.717) is 0 Å². The van der Waals surface area contributed by atoms with Gasteiger partial charge in [-0.1, -0.05) is 38.5 Å². The van der Waals surface area contributed by atoms with E-state index >= 15 is 0 Å². The first-order valence-corrected chi connectivity index (χ1v) is 8.25. The molecule has 1 nitrogen and oxygen atoms in total. The Bertz CT molecular complexity index is 181. The molecule has 0 aliphatic carbocycles. The number of hydrogen-bond acceptors (Lipinski definition) is 1. The summed E-state index contributed by atoms with van der Waals surface area (Å²) in [7, 11) is 3.24. The van der Waals surface area contributed by atoms with Crippen molar-refractivity contribution in [3.63, 3.8) is 0 Å². The van der Waals surface area contributed by atoms with Crippen molar-refractivity contribution < 1.29 is 0 Å². The maximum Gasteiger partial charge on any atom is 0.154 e. The van der Waals surface area contributed by atoms with E-state index < -0.39 is 8.24 Å². The van der Waals surface area contributed by atoms with Gasteiger partial charge in [-0.25, -0.2) is 0 Å². The Labute approximate surface area is 91.3 Å². The van der Waals surface area contributed by atoms with Crippen molar-refractivity contribution in [2.45, 2.75) is 52.6 Å². The molecule has 14 heavy (non-hydrogen) atoms. The molecule has 0 N–H and O–H groups in total. The Kier molecular flexibility index (Phi) is 6.37. The van der Waals surface area contributed by atoms with Crippen LogP contribution in [0.15, 0.2) is 11.3 Å². The molecule has 0 aromatic heterocycles. The van der Waals surface area contributed by atoms with Gasteiger partial charge in [-0.15, -0.1) is 0 Å². The summed E-state index contributed by atoms with van der Waals surface area (Å²) in [6.07, 6.45) is 4.98. The summed E-state index contributed by atoms with van der Waals surface area (Å²) in [5.74, 6) is 0. The van der Waals surface area contributed by atoms with Gasteiger partial charge in [-0.3, -0.25) is 0 Å². The van der Waals surface area contributed by atoms with Gasteiger partial charge in [0.25, 0.3) is 0 Å². The Morgan fingerprint density at radius 2 is 1.64 bits per heavy atom. The lowest BCUT2D eigenvalue weighted by molar-refractivity contribution is 0.611. The lowest BCUT2D eigenvalue weighted by Gasteiger charge is -2.37. The standard InChI is InChI=1S/C12H27NSi/c1-7-10-11-12(4)14(8-2,9-3)13(5)6/h11H,7-10H2,1-6H3/b12-11-. The van der Waals surface area contributed by atoms with E-state index in [1.165, 1.54) is 24.9 Å². The van der Waals surface area contributed by atoms with Crippen LogP contribution in [0, 0.1) is 0 Å². The maximum atomic E-state index is 2.51. The normalized spacial score (nSPS) is 13.8. The van der Waals surface area contributed by atoms with E-state index in [1.807, 2.05) is 0 Å². The Morgan fingerprint density at radius 1 is 1.14 bits per heavy atom. The third kappa shape index (κ3) is 2.96. The van der Waals surface area contributed by atoms with Gasteiger partial charge >= 0.3 is 0 Å². The van der Waals surface area contributed by atoms with Crippen LogP contribution in [-0.4, -0.2) is 26.9 Å². The van der Waals surface area contributed by atoms with Crippen LogP contribution < -0.4 is 0 Å². The second-order valence-electron chi connectivity index (χ2n) is 4.31.